The van der Waals surface area contributed by atoms with Crippen molar-refractivity contribution in [3.8, 4) is 0 Å². The second kappa shape index (κ2) is 9.97. The fraction of sp³-hybridized carbons (Fsp3) is 0.208. The Kier molecular flexibility index (Phi) is 6.87. The monoisotopic (exact) mass is 468 g/mol. The van der Waals surface area contributed by atoms with Crippen molar-refractivity contribution < 1.29 is 14.0 Å². The van der Waals surface area contributed by atoms with Crippen LogP contribution in [0.3, 0.4) is 0 Å². The molecule has 2 aromatic carbocycles. The van der Waals surface area contributed by atoms with Crippen LogP contribution in [0.4, 0.5) is 4.79 Å². The maximum atomic E-state index is 12.7. The minimum absolute atomic E-state index is 0.181. The third kappa shape index (κ3) is 5.00. The quantitative estimate of drug-likeness (QED) is 0.273. The van der Waals surface area contributed by atoms with E-state index in [-0.39, 0.29) is 11.4 Å². The molecule has 0 aliphatic rings. The lowest BCUT2D eigenvalue weighted by Crippen LogP contribution is -2.34. The lowest BCUT2D eigenvalue weighted by atomic mass is 10.0. The van der Waals surface area contributed by atoms with Gasteiger partial charge in [-0.3, -0.25) is 4.79 Å². The third-order valence-corrected chi connectivity index (χ3v) is 6.30. The van der Waals surface area contributed by atoms with E-state index in [2.05, 4.69) is 16.8 Å². The number of nitrogens with one attached hydrogen (secondary N) is 1. The molecule has 0 saturated carbocycles. The topological polar surface area (TPSA) is 81.3 Å². The van der Waals surface area contributed by atoms with Gasteiger partial charge in [0.1, 0.15) is 0 Å². The van der Waals surface area contributed by atoms with Crippen LogP contribution >= 0.6 is 22.9 Å². The molecule has 0 bridgehead atoms. The zero-order chi connectivity index (χ0) is 22.5. The molecule has 1 N–H and O–H groups in total. The summed E-state index contributed by atoms with van der Waals surface area (Å²) in [6.07, 6.45) is 3.89. The second-order valence-electron chi connectivity index (χ2n) is 7.34. The van der Waals surface area contributed by atoms with E-state index < -0.39 is 11.8 Å². The molecule has 8 heteroatoms. The van der Waals surface area contributed by atoms with Gasteiger partial charge in [-0.1, -0.05) is 24.1 Å². The van der Waals surface area contributed by atoms with Crippen molar-refractivity contribution >= 4 is 45.9 Å². The molecule has 0 unspecified atom stereocenters. The molecule has 6 nitrogen and oxygen atoms in total. The maximum Gasteiger partial charge on any atom is 0.428 e. The van der Waals surface area contributed by atoms with Crippen molar-refractivity contribution in [1.82, 2.24) is 9.88 Å². The predicted octanol–water partition coefficient (Wildman–Crippen LogP) is 5.51. The number of benzene rings is 2. The molecule has 32 heavy (non-hydrogen) atoms. The van der Waals surface area contributed by atoms with Crippen molar-refractivity contribution in [2.45, 2.75) is 25.7 Å². The molecule has 4 aromatic rings. The minimum atomic E-state index is -0.786. The number of carbonyl (C=O) groups is 2. The standard InChI is InChI=1S/C24H21ClN2O4S/c25-18-10-7-16(8-11-18)22(28)17-9-12-20-21(15-17)31-24(30)27(20)23(29)26-13-3-1-2-5-19-6-4-14-32-19/h4,6-12,14-15H,1-3,5,13H2,(H,26,29). The molecule has 0 aliphatic carbocycles. The fourth-order valence-electron chi connectivity index (χ4n) is 3.45. The molecule has 4 rings (SSSR count). The Hall–Kier alpha value is -3.16. The highest BCUT2D eigenvalue weighted by molar-refractivity contribution is 7.09. The summed E-state index contributed by atoms with van der Waals surface area (Å²) in [6, 6.07) is 14.8. The zero-order valence-corrected chi connectivity index (χ0v) is 18.7. The van der Waals surface area contributed by atoms with Crippen LogP contribution in [0.1, 0.15) is 40.1 Å². The minimum Gasteiger partial charge on any atom is -0.407 e. The Balaban J connectivity index is 1.39. The highest BCUT2D eigenvalue weighted by Crippen LogP contribution is 2.19. The van der Waals surface area contributed by atoms with Gasteiger partial charge < -0.3 is 9.73 Å². The molecule has 1 amide bonds. The maximum absolute atomic E-state index is 12.7. The van der Waals surface area contributed by atoms with E-state index in [1.54, 1.807) is 47.7 Å². The number of thiophene rings is 1. The van der Waals surface area contributed by atoms with Crippen molar-refractivity contribution in [3.05, 3.63) is 91.6 Å². The predicted molar refractivity (Wildman–Crippen MR) is 126 cm³/mol. The van der Waals surface area contributed by atoms with Gasteiger partial charge in [0.25, 0.3) is 0 Å². The average molecular weight is 469 g/mol. The number of hydrogen-bond acceptors (Lipinski definition) is 5. The Morgan fingerprint density at radius 1 is 1.00 bits per heavy atom. The van der Waals surface area contributed by atoms with Crippen LogP contribution in [0.15, 0.2) is 69.2 Å². The molecular formula is C24H21ClN2O4S. The van der Waals surface area contributed by atoms with E-state index in [0.29, 0.717) is 28.2 Å². The number of unbranched alkanes of at least 4 members (excludes halogenated alkanes) is 2. The van der Waals surface area contributed by atoms with Crippen molar-refractivity contribution in [2.75, 3.05) is 6.54 Å². The van der Waals surface area contributed by atoms with E-state index in [9.17, 15) is 14.4 Å². The number of carbonyl (C=O) groups excluding carboxylic acids is 2. The van der Waals surface area contributed by atoms with Gasteiger partial charge in [0.15, 0.2) is 11.4 Å². The Morgan fingerprint density at radius 3 is 2.53 bits per heavy atom. The first kappa shape index (κ1) is 22.0. The summed E-state index contributed by atoms with van der Waals surface area (Å²) >= 11 is 7.62. The number of oxazole rings is 1. The zero-order valence-electron chi connectivity index (χ0n) is 17.2. The largest absolute Gasteiger partial charge is 0.428 e. The molecule has 164 valence electrons. The van der Waals surface area contributed by atoms with Crippen molar-refractivity contribution in [3.63, 3.8) is 0 Å². The number of fused-ring (bicyclic) bond motifs is 1. The summed E-state index contributed by atoms with van der Waals surface area (Å²) in [4.78, 5) is 38.9. The molecule has 0 aliphatic heterocycles. The first-order valence-electron chi connectivity index (χ1n) is 10.3. The lowest BCUT2D eigenvalue weighted by molar-refractivity contribution is 0.103. The van der Waals surface area contributed by atoms with Crippen LogP contribution in [0.2, 0.25) is 5.02 Å². The smallest absolute Gasteiger partial charge is 0.407 e. The Bertz CT molecular complexity index is 1290. The van der Waals surface area contributed by atoms with Crippen molar-refractivity contribution in [1.29, 1.82) is 0 Å². The normalized spacial score (nSPS) is 11.0. The molecule has 2 aromatic heterocycles. The highest BCUT2D eigenvalue weighted by atomic mass is 35.5. The third-order valence-electron chi connectivity index (χ3n) is 5.11. The molecule has 0 atom stereocenters. The number of rotatable bonds is 8. The van der Waals surface area contributed by atoms with E-state index >= 15 is 0 Å². The summed E-state index contributed by atoms with van der Waals surface area (Å²) in [5.74, 6) is -1.02. The number of amides is 1. The van der Waals surface area contributed by atoms with E-state index in [4.69, 9.17) is 16.0 Å². The van der Waals surface area contributed by atoms with Crippen LogP contribution < -0.4 is 11.1 Å². The van der Waals surface area contributed by atoms with Gasteiger partial charge in [-0.15, -0.1) is 11.3 Å². The second-order valence-corrected chi connectivity index (χ2v) is 8.81. The van der Waals surface area contributed by atoms with Crippen LogP contribution in [-0.4, -0.2) is 22.9 Å². The highest BCUT2D eigenvalue weighted by Gasteiger charge is 2.18. The fourth-order valence-corrected chi connectivity index (χ4v) is 4.33. The number of aromatic nitrogens is 1. The SMILES string of the molecule is O=C(c1ccc(Cl)cc1)c1ccc2c(c1)oc(=O)n2C(=O)NCCCCCc1cccs1. The van der Waals surface area contributed by atoms with Crippen LogP contribution in [0.5, 0.6) is 0 Å². The lowest BCUT2D eigenvalue weighted by Gasteiger charge is -2.06. The summed E-state index contributed by atoms with van der Waals surface area (Å²) in [5.41, 5.74) is 1.32. The van der Waals surface area contributed by atoms with Gasteiger partial charge in [-0.2, -0.15) is 4.57 Å². The van der Waals surface area contributed by atoms with Crippen LogP contribution in [0.25, 0.3) is 11.1 Å². The van der Waals surface area contributed by atoms with Gasteiger partial charge >= 0.3 is 11.8 Å². The van der Waals surface area contributed by atoms with E-state index in [1.807, 2.05) is 6.07 Å². The molecule has 0 radical (unpaired) electrons. The number of hydrogen-bond donors (Lipinski definition) is 1. The Morgan fingerprint density at radius 2 is 1.78 bits per heavy atom. The van der Waals surface area contributed by atoms with Gasteiger partial charge in [0.2, 0.25) is 0 Å². The summed E-state index contributed by atoms with van der Waals surface area (Å²) in [7, 11) is 0. The summed E-state index contributed by atoms with van der Waals surface area (Å²) in [6.45, 7) is 0.468. The van der Waals surface area contributed by atoms with Crippen molar-refractivity contribution in [2.24, 2.45) is 0 Å². The van der Waals surface area contributed by atoms with E-state index in [0.717, 1.165) is 30.3 Å². The number of nitrogens with zero attached hydrogens (tertiary/aromatic N) is 1. The summed E-state index contributed by atoms with van der Waals surface area (Å²) < 4.78 is 6.18. The van der Waals surface area contributed by atoms with Crippen LogP contribution in [0, 0.1) is 0 Å². The first-order chi connectivity index (χ1) is 15.5. The molecule has 0 fully saturated rings. The van der Waals surface area contributed by atoms with Gasteiger partial charge in [-0.05, 0) is 73.2 Å². The average Bonchev–Trinajstić information content (AvgIpc) is 3.42. The number of aryl methyl sites for hydroxylation is 1. The first-order valence-corrected chi connectivity index (χ1v) is 11.5. The van der Waals surface area contributed by atoms with Gasteiger partial charge in [0.05, 0.1) is 5.52 Å². The molecule has 0 saturated heterocycles. The molecular weight excluding hydrogens is 448 g/mol. The Labute approximate surface area is 193 Å². The van der Waals surface area contributed by atoms with Gasteiger partial charge in [-0.25, -0.2) is 9.59 Å². The van der Waals surface area contributed by atoms with Crippen LogP contribution in [-0.2, 0) is 6.42 Å². The number of ketones is 1. The number of halogens is 1. The van der Waals surface area contributed by atoms with Gasteiger partial charge in [0, 0.05) is 27.6 Å². The summed E-state index contributed by atoms with van der Waals surface area (Å²) in [5, 5.41) is 5.37. The molecule has 0 spiro atoms. The van der Waals surface area contributed by atoms with E-state index in [1.165, 1.54) is 10.9 Å². The molecule has 2 heterocycles.